The molecule has 0 aliphatic carbocycles. The Morgan fingerprint density at radius 1 is 1.22 bits per heavy atom. The average Bonchev–Trinajstić information content (AvgIpc) is 3.41. The van der Waals surface area contributed by atoms with Crippen molar-refractivity contribution in [3.05, 3.63) is 112 Å². The molecule has 9 heteroatoms. The monoisotopic (exact) mass is 431 g/mol. The van der Waals surface area contributed by atoms with Gasteiger partial charge in [-0.05, 0) is 53.6 Å². The molecule has 1 unspecified atom stereocenters. The summed E-state index contributed by atoms with van der Waals surface area (Å²) in [6.45, 7) is 0.0804. The summed E-state index contributed by atoms with van der Waals surface area (Å²) in [5.74, 6) is -1.52. The summed E-state index contributed by atoms with van der Waals surface area (Å²) >= 11 is 0. The van der Waals surface area contributed by atoms with E-state index in [4.69, 9.17) is 4.42 Å². The molecule has 0 fully saturated rings. The molecule has 0 radical (unpaired) electrons. The van der Waals surface area contributed by atoms with E-state index in [1.54, 1.807) is 36.7 Å². The summed E-state index contributed by atoms with van der Waals surface area (Å²) in [6.07, 6.45) is 7.27. The van der Waals surface area contributed by atoms with Crippen LogP contribution in [0.25, 0.3) is 6.08 Å². The van der Waals surface area contributed by atoms with Crippen molar-refractivity contribution in [2.45, 2.75) is 12.6 Å². The summed E-state index contributed by atoms with van der Waals surface area (Å²) in [5.41, 5.74) is 0.901. The van der Waals surface area contributed by atoms with Crippen LogP contribution >= 0.6 is 0 Å². The lowest BCUT2D eigenvalue weighted by molar-refractivity contribution is -0.384. The van der Waals surface area contributed by atoms with Gasteiger partial charge in [-0.3, -0.25) is 24.7 Å². The Kier molecular flexibility index (Phi) is 5.63. The Hall–Kier alpha value is -4.53. The highest BCUT2D eigenvalue weighted by Gasteiger charge is 2.43. The Morgan fingerprint density at radius 3 is 2.62 bits per heavy atom. The lowest BCUT2D eigenvalue weighted by Gasteiger charge is -2.26. The number of benzene rings is 1. The molecule has 3 aromatic rings. The standard InChI is InChI=1S/C23H17N3O6/c27-19(10-9-18-4-2-12-32-18)20-21(16-5-7-17(8-6-16)26(30)31)25(23(29)22(20)28)14-15-3-1-11-24-13-15/h1-13,21,28H,14H2/b10-9+. The number of allylic oxidation sites excluding steroid dienone is 1. The zero-order valence-corrected chi connectivity index (χ0v) is 16.6. The lowest BCUT2D eigenvalue weighted by atomic mass is 9.95. The van der Waals surface area contributed by atoms with Crippen molar-refractivity contribution in [2.24, 2.45) is 0 Å². The van der Waals surface area contributed by atoms with Gasteiger partial charge in [-0.25, -0.2) is 0 Å². The van der Waals surface area contributed by atoms with E-state index in [-0.39, 0.29) is 17.8 Å². The number of furan rings is 1. The predicted molar refractivity (Wildman–Crippen MR) is 113 cm³/mol. The molecule has 0 spiro atoms. The Morgan fingerprint density at radius 2 is 2.00 bits per heavy atom. The van der Waals surface area contributed by atoms with Gasteiger partial charge in [-0.2, -0.15) is 0 Å². The van der Waals surface area contributed by atoms with Crippen LogP contribution in [-0.4, -0.2) is 31.6 Å². The van der Waals surface area contributed by atoms with Crippen LogP contribution in [0.5, 0.6) is 0 Å². The van der Waals surface area contributed by atoms with Gasteiger partial charge in [0.25, 0.3) is 11.6 Å². The number of ketones is 1. The molecular weight excluding hydrogens is 414 g/mol. The minimum atomic E-state index is -0.933. The van der Waals surface area contributed by atoms with Crippen molar-refractivity contribution >= 4 is 23.5 Å². The Labute approximate surface area is 182 Å². The number of amides is 1. The summed E-state index contributed by atoms with van der Waals surface area (Å²) in [4.78, 5) is 41.8. The molecule has 0 saturated carbocycles. The number of nitro groups is 1. The van der Waals surface area contributed by atoms with E-state index in [1.165, 1.54) is 47.6 Å². The number of hydrogen-bond acceptors (Lipinski definition) is 7. The van der Waals surface area contributed by atoms with Crippen LogP contribution in [-0.2, 0) is 16.1 Å². The molecule has 3 heterocycles. The van der Waals surface area contributed by atoms with Crippen molar-refractivity contribution in [2.75, 3.05) is 0 Å². The highest BCUT2D eigenvalue weighted by molar-refractivity contribution is 6.14. The minimum absolute atomic E-state index is 0.0804. The zero-order chi connectivity index (χ0) is 22.7. The van der Waals surface area contributed by atoms with Crippen molar-refractivity contribution in [3.63, 3.8) is 0 Å². The molecule has 1 atom stereocenters. The second kappa shape index (κ2) is 8.68. The molecule has 0 bridgehead atoms. The van der Waals surface area contributed by atoms with Gasteiger partial charge in [0.15, 0.2) is 11.5 Å². The Bertz CT molecular complexity index is 1210. The highest BCUT2D eigenvalue weighted by atomic mass is 16.6. The number of non-ortho nitro benzene ring substituents is 1. The third-order valence-corrected chi connectivity index (χ3v) is 5.01. The third-order valence-electron chi connectivity index (χ3n) is 5.01. The maximum absolute atomic E-state index is 13.0. The maximum atomic E-state index is 13.0. The number of hydrogen-bond donors (Lipinski definition) is 1. The SMILES string of the molecule is O=C(/C=C/c1ccco1)C1=C(O)C(=O)N(Cc2cccnc2)C1c1ccc([N+](=O)[O-])cc1. The molecule has 1 aliphatic heterocycles. The van der Waals surface area contributed by atoms with Crippen LogP contribution in [0.15, 0.2) is 89.0 Å². The molecule has 0 saturated heterocycles. The zero-order valence-electron chi connectivity index (χ0n) is 16.6. The molecule has 1 aliphatic rings. The van der Waals surface area contributed by atoms with Gasteiger partial charge in [-0.15, -0.1) is 0 Å². The third kappa shape index (κ3) is 4.04. The first-order chi connectivity index (χ1) is 15.5. The number of rotatable bonds is 7. The number of nitrogens with zero attached hydrogens (tertiary/aromatic N) is 3. The van der Waals surface area contributed by atoms with Crippen LogP contribution in [0.3, 0.4) is 0 Å². The van der Waals surface area contributed by atoms with Crippen LogP contribution in [0.2, 0.25) is 0 Å². The molecule has 1 amide bonds. The summed E-state index contributed by atoms with van der Waals surface area (Å²) in [7, 11) is 0. The quantitative estimate of drug-likeness (QED) is 0.343. The molecular formula is C23H17N3O6. The van der Waals surface area contributed by atoms with E-state index in [0.29, 0.717) is 16.9 Å². The largest absolute Gasteiger partial charge is 0.503 e. The molecule has 160 valence electrons. The molecule has 4 rings (SSSR count). The molecule has 2 aromatic heterocycles. The van der Waals surface area contributed by atoms with E-state index in [1.807, 2.05) is 0 Å². The van der Waals surface area contributed by atoms with Gasteiger partial charge < -0.3 is 14.4 Å². The summed E-state index contributed by atoms with van der Waals surface area (Å²) in [6, 6.07) is 11.4. The first-order valence-corrected chi connectivity index (χ1v) is 9.59. The van der Waals surface area contributed by atoms with E-state index in [9.17, 15) is 24.8 Å². The van der Waals surface area contributed by atoms with Crippen molar-refractivity contribution < 1.29 is 24.0 Å². The smallest absolute Gasteiger partial charge is 0.290 e. The summed E-state index contributed by atoms with van der Waals surface area (Å²) in [5, 5.41) is 21.6. The first kappa shape index (κ1) is 20.7. The molecule has 1 aromatic carbocycles. The predicted octanol–water partition coefficient (Wildman–Crippen LogP) is 3.76. The van der Waals surface area contributed by atoms with E-state index < -0.39 is 28.4 Å². The van der Waals surface area contributed by atoms with Crippen LogP contribution in [0.1, 0.15) is 22.9 Å². The molecule has 9 nitrogen and oxygen atoms in total. The fourth-order valence-corrected chi connectivity index (χ4v) is 3.52. The lowest BCUT2D eigenvalue weighted by Crippen LogP contribution is -2.30. The van der Waals surface area contributed by atoms with Gasteiger partial charge in [0.1, 0.15) is 5.76 Å². The number of pyridine rings is 1. The number of aromatic nitrogens is 1. The number of nitro benzene ring substituents is 1. The second-order valence-corrected chi connectivity index (χ2v) is 7.02. The first-order valence-electron chi connectivity index (χ1n) is 9.59. The number of aliphatic hydroxyl groups is 1. The van der Waals surface area contributed by atoms with E-state index in [2.05, 4.69) is 4.98 Å². The fourth-order valence-electron chi connectivity index (χ4n) is 3.52. The average molecular weight is 431 g/mol. The van der Waals surface area contributed by atoms with Gasteiger partial charge in [0.2, 0.25) is 0 Å². The maximum Gasteiger partial charge on any atom is 0.290 e. The number of aliphatic hydroxyl groups excluding tert-OH is 1. The van der Waals surface area contributed by atoms with Gasteiger partial charge in [0, 0.05) is 31.1 Å². The second-order valence-electron chi connectivity index (χ2n) is 7.02. The van der Waals surface area contributed by atoms with Crippen LogP contribution < -0.4 is 0 Å². The highest BCUT2D eigenvalue weighted by Crippen LogP contribution is 2.39. The van der Waals surface area contributed by atoms with E-state index >= 15 is 0 Å². The molecule has 1 N–H and O–H groups in total. The van der Waals surface area contributed by atoms with E-state index in [0.717, 1.165) is 0 Å². The topological polar surface area (TPSA) is 127 Å². The minimum Gasteiger partial charge on any atom is -0.503 e. The van der Waals surface area contributed by atoms with Gasteiger partial charge in [0.05, 0.1) is 22.8 Å². The van der Waals surface area contributed by atoms with Crippen LogP contribution in [0, 0.1) is 10.1 Å². The van der Waals surface area contributed by atoms with Gasteiger partial charge >= 0.3 is 0 Å². The van der Waals surface area contributed by atoms with Crippen LogP contribution in [0.4, 0.5) is 5.69 Å². The normalized spacial score (nSPS) is 16.2. The summed E-state index contributed by atoms with van der Waals surface area (Å²) < 4.78 is 5.18. The molecule has 32 heavy (non-hydrogen) atoms. The number of carbonyl (C=O) groups is 2. The van der Waals surface area contributed by atoms with Crippen molar-refractivity contribution in [1.29, 1.82) is 0 Å². The number of carbonyl (C=O) groups excluding carboxylic acids is 2. The Balaban J connectivity index is 1.74. The van der Waals surface area contributed by atoms with Gasteiger partial charge in [-0.1, -0.05) is 6.07 Å². The van der Waals surface area contributed by atoms with Crippen molar-refractivity contribution in [1.82, 2.24) is 9.88 Å². The van der Waals surface area contributed by atoms with Crippen molar-refractivity contribution in [3.8, 4) is 0 Å². The fraction of sp³-hybridized carbons (Fsp3) is 0.0870.